The SMILES string of the molecule is c1c(-c2cccc3c(-c4ccc(-n5c6ccccc6c6cc(-c7ccccc7)ccc65)cc4)cccc23)ccc(-n2c3ccccc3c3cc(-c4ccccc4)ccc32)c#1. The lowest BCUT2D eigenvalue weighted by molar-refractivity contribution is 1.18. The van der Waals surface area contributed by atoms with E-state index in [1.165, 1.54) is 76.7 Å². The van der Waals surface area contributed by atoms with Crippen LogP contribution in [0.15, 0.2) is 218 Å². The molecular formula is C58H36N2. The summed E-state index contributed by atoms with van der Waals surface area (Å²) in [7, 11) is 0. The second-order valence-electron chi connectivity index (χ2n) is 15.5. The lowest BCUT2D eigenvalue weighted by Gasteiger charge is -2.13. The number of nitrogens with zero attached hydrogens (tertiary/aromatic N) is 2. The molecule has 0 bridgehead atoms. The van der Waals surface area contributed by atoms with Crippen LogP contribution in [0.1, 0.15) is 0 Å². The summed E-state index contributed by atoms with van der Waals surface area (Å²) in [6, 6.07) is 86.0. The third-order valence-electron chi connectivity index (χ3n) is 12.2. The molecule has 0 unspecified atom stereocenters. The normalized spacial score (nSPS) is 11.5. The van der Waals surface area contributed by atoms with Crippen LogP contribution in [0.2, 0.25) is 0 Å². The van der Waals surface area contributed by atoms with E-state index in [-0.39, 0.29) is 0 Å². The fourth-order valence-electron chi connectivity index (χ4n) is 9.36. The molecule has 2 nitrogen and oxygen atoms in total. The minimum atomic E-state index is 0.971. The third-order valence-corrected chi connectivity index (χ3v) is 12.2. The zero-order chi connectivity index (χ0) is 39.6. The molecule has 0 N–H and O–H groups in total. The Kier molecular flexibility index (Phi) is 7.80. The van der Waals surface area contributed by atoms with Crippen LogP contribution in [0.5, 0.6) is 0 Å². The molecule has 2 heterocycles. The molecule has 0 amide bonds. The molecule has 0 radical (unpaired) electrons. The van der Waals surface area contributed by atoms with Gasteiger partial charge in [0.25, 0.3) is 0 Å². The number of hydrogen-bond donors (Lipinski definition) is 0. The molecule has 0 aliphatic carbocycles. The Morgan fingerprint density at radius 1 is 0.267 bits per heavy atom. The molecule has 2 aromatic heterocycles. The highest BCUT2D eigenvalue weighted by Gasteiger charge is 2.16. The lowest BCUT2D eigenvalue weighted by Crippen LogP contribution is -1.94. The van der Waals surface area contributed by atoms with Crippen molar-refractivity contribution in [2.75, 3.05) is 0 Å². The zero-order valence-electron chi connectivity index (χ0n) is 32.7. The van der Waals surface area contributed by atoms with Crippen LogP contribution in [0.3, 0.4) is 0 Å². The molecular weight excluding hydrogens is 725 g/mol. The van der Waals surface area contributed by atoms with E-state index in [1.807, 2.05) is 0 Å². The molecule has 12 aromatic rings. The van der Waals surface area contributed by atoms with Gasteiger partial charge in [-0.05, 0) is 116 Å². The first kappa shape index (κ1) is 34.0. The largest absolute Gasteiger partial charge is 0.309 e. The highest BCUT2D eigenvalue weighted by Crippen LogP contribution is 2.39. The zero-order valence-corrected chi connectivity index (χ0v) is 32.7. The van der Waals surface area contributed by atoms with Gasteiger partial charge < -0.3 is 9.13 Å². The first-order valence-electron chi connectivity index (χ1n) is 20.5. The van der Waals surface area contributed by atoms with E-state index in [9.17, 15) is 0 Å². The van der Waals surface area contributed by atoms with Crippen LogP contribution < -0.4 is 0 Å². The van der Waals surface area contributed by atoms with Crippen molar-refractivity contribution < 1.29 is 0 Å². The van der Waals surface area contributed by atoms with Crippen LogP contribution >= 0.6 is 0 Å². The van der Waals surface area contributed by atoms with Gasteiger partial charge >= 0.3 is 0 Å². The average Bonchev–Trinajstić information content (AvgIpc) is 3.84. The monoisotopic (exact) mass is 760 g/mol. The van der Waals surface area contributed by atoms with Crippen molar-refractivity contribution in [2.24, 2.45) is 0 Å². The average molecular weight is 761 g/mol. The van der Waals surface area contributed by atoms with E-state index in [2.05, 4.69) is 240 Å². The maximum atomic E-state index is 3.58. The Labute approximate surface area is 348 Å². The fourth-order valence-corrected chi connectivity index (χ4v) is 9.36. The predicted octanol–water partition coefficient (Wildman–Crippen LogP) is 15.3. The Bertz CT molecular complexity index is 3310. The third kappa shape index (κ3) is 5.45. The summed E-state index contributed by atoms with van der Waals surface area (Å²) in [6.45, 7) is 0. The molecule has 10 aromatic carbocycles. The van der Waals surface area contributed by atoms with Gasteiger partial charge in [0.1, 0.15) is 0 Å². The molecule has 2 heteroatoms. The van der Waals surface area contributed by atoms with Crippen molar-refractivity contribution in [2.45, 2.75) is 0 Å². The van der Waals surface area contributed by atoms with Gasteiger partial charge in [0.05, 0.1) is 27.8 Å². The summed E-state index contributed by atoms with van der Waals surface area (Å²) in [5.74, 6) is 0. The van der Waals surface area contributed by atoms with E-state index in [0.29, 0.717) is 0 Å². The van der Waals surface area contributed by atoms with Gasteiger partial charge in [0, 0.05) is 32.8 Å². The maximum absolute atomic E-state index is 3.58. The minimum absolute atomic E-state index is 0.971. The molecule has 0 aliphatic rings. The highest BCUT2D eigenvalue weighted by molar-refractivity contribution is 6.12. The number of aromatic nitrogens is 2. The number of fused-ring (bicyclic) bond motifs is 7. The molecule has 0 aliphatic heterocycles. The predicted molar refractivity (Wildman–Crippen MR) is 252 cm³/mol. The van der Waals surface area contributed by atoms with Crippen molar-refractivity contribution >= 4 is 54.4 Å². The lowest BCUT2D eigenvalue weighted by atomic mass is 9.93. The number of rotatable bonds is 6. The molecule has 0 saturated heterocycles. The van der Waals surface area contributed by atoms with Gasteiger partial charge in [0.15, 0.2) is 0 Å². The standard InChI is InChI=1S/C58H36N2/c1-3-13-39(14-4-1)43-29-35-57-53(37-43)51-17-7-9-23-55(51)59(57)45-31-25-41(26-32-45)47-19-11-22-50-48(20-12-21-49(47)50)42-27-33-46(34-28-42)60-56-24-10-8-18-52(56)54-38-44(30-36-58(54)60)40-15-5-2-6-16-40/h1-27,29-33,35-38H. The summed E-state index contributed by atoms with van der Waals surface area (Å²) in [4.78, 5) is 0. The second kappa shape index (κ2) is 13.8. The van der Waals surface area contributed by atoms with Gasteiger partial charge in [-0.25, -0.2) is 0 Å². The Morgan fingerprint density at radius 2 is 0.750 bits per heavy atom. The Hall–Kier alpha value is -8.12. The van der Waals surface area contributed by atoms with Crippen LogP contribution in [-0.2, 0) is 0 Å². The second-order valence-corrected chi connectivity index (χ2v) is 15.5. The van der Waals surface area contributed by atoms with Gasteiger partial charge in [0.2, 0.25) is 0 Å². The highest BCUT2D eigenvalue weighted by atomic mass is 15.0. The van der Waals surface area contributed by atoms with Crippen LogP contribution in [0.4, 0.5) is 0 Å². The van der Waals surface area contributed by atoms with Crippen molar-refractivity contribution in [3.8, 4) is 55.9 Å². The van der Waals surface area contributed by atoms with E-state index >= 15 is 0 Å². The summed E-state index contributed by atoms with van der Waals surface area (Å²) in [5.41, 5.74) is 16.3. The Balaban J connectivity index is 0.900. The van der Waals surface area contributed by atoms with Gasteiger partial charge in [-0.3, -0.25) is 0 Å². The quantitative estimate of drug-likeness (QED) is 0.160. The molecule has 0 fully saturated rings. The molecule has 60 heavy (non-hydrogen) atoms. The summed E-state index contributed by atoms with van der Waals surface area (Å²) in [6.07, 6.45) is 0. The summed E-state index contributed by atoms with van der Waals surface area (Å²) in [5, 5.41) is 7.37. The van der Waals surface area contributed by atoms with E-state index in [1.54, 1.807) is 0 Å². The van der Waals surface area contributed by atoms with E-state index in [4.69, 9.17) is 0 Å². The summed E-state index contributed by atoms with van der Waals surface area (Å²) >= 11 is 0. The van der Waals surface area contributed by atoms with Crippen molar-refractivity contribution in [3.05, 3.63) is 231 Å². The van der Waals surface area contributed by atoms with Crippen molar-refractivity contribution in [3.63, 3.8) is 0 Å². The van der Waals surface area contributed by atoms with Crippen LogP contribution in [-0.4, -0.2) is 9.13 Å². The molecule has 0 saturated carbocycles. The van der Waals surface area contributed by atoms with Gasteiger partial charge in [-0.1, -0.05) is 164 Å². The fraction of sp³-hybridized carbons (Fsp3) is 0. The molecule has 0 spiro atoms. The topological polar surface area (TPSA) is 9.86 Å². The molecule has 0 atom stereocenters. The number of benzene rings is 9. The number of para-hydroxylation sites is 2. The number of hydrogen-bond acceptors (Lipinski definition) is 0. The Morgan fingerprint density at radius 3 is 1.35 bits per heavy atom. The first-order valence-corrected chi connectivity index (χ1v) is 20.5. The summed E-state index contributed by atoms with van der Waals surface area (Å²) < 4.78 is 4.70. The maximum Gasteiger partial charge on any atom is 0.0974 e. The van der Waals surface area contributed by atoms with E-state index < -0.39 is 0 Å². The van der Waals surface area contributed by atoms with E-state index in [0.717, 1.165) is 33.5 Å². The smallest absolute Gasteiger partial charge is 0.0974 e. The van der Waals surface area contributed by atoms with Crippen molar-refractivity contribution in [1.29, 1.82) is 0 Å². The van der Waals surface area contributed by atoms with Gasteiger partial charge in [-0.2, -0.15) is 0 Å². The molecule has 278 valence electrons. The van der Waals surface area contributed by atoms with Crippen LogP contribution in [0, 0.1) is 12.1 Å². The van der Waals surface area contributed by atoms with Crippen molar-refractivity contribution in [1.82, 2.24) is 9.13 Å². The minimum Gasteiger partial charge on any atom is -0.309 e. The van der Waals surface area contributed by atoms with Gasteiger partial charge in [-0.15, -0.1) is 0 Å². The molecule has 12 rings (SSSR count). The van der Waals surface area contributed by atoms with Crippen LogP contribution in [0.25, 0.3) is 110 Å². The first-order chi connectivity index (χ1) is 29.8.